The Labute approximate surface area is 150 Å². The summed E-state index contributed by atoms with van der Waals surface area (Å²) in [5.74, 6) is -2.09. The van der Waals surface area contributed by atoms with Crippen LogP contribution in [0.3, 0.4) is 0 Å². The minimum Gasteiger partial charge on any atom is -0.322 e. The molecule has 9 heteroatoms. The van der Waals surface area contributed by atoms with Crippen LogP contribution in [0.4, 0.5) is 18.9 Å². The summed E-state index contributed by atoms with van der Waals surface area (Å²) < 4.78 is 38.3. The van der Waals surface area contributed by atoms with Gasteiger partial charge in [-0.05, 0) is 36.4 Å². The van der Waals surface area contributed by atoms with Gasteiger partial charge in [0.1, 0.15) is 6.54 Å². The van der Waals surface area contributed by atoms with E-state index in [1.165, 1.54) is 24.3 Å². The zero-order chi connectivity index (χ0) is 19.8. The van der Waals surface area contributed by atoms with Crippen LogP contribution in [-0.4, -0.2) is 29.2 Å². The summed E-state index contributed by atoms with van der Waals surface area (Å²) in [6.07, 6.45) is -4.58. The van der Waals surface area contributed by atoms with E-state index >= 15 is 0 Å². The van der Waals surface area contributed by atoms with Crippen molar-refractivity contribution in [1.82, 2.24) is 4.90 Å². The summed E-state index contributed by atoms with van der Waals surface area (Å²) in [6, 6.07) is 9.53. The average Bonchev–Trinajstić information content (AvgIpc) is 2.86. The number of alkyl halides is 3. The number of amides is 3. The molecule has 0 radical (unpaired) electrons. The number of nitriles is 1. The molecule has 1 heterocycles. The number of carbonyl (C=O) groups excluding carboxylic acids is 3. The summed E-state index contributed by atoms with van der Waals surface area (Å²) in [4.78, 5) is 37.2. The maximum Gasteiger partial charge on any atom is 0.416 e. The van der Waals surface area contributed by atoms with Crippen LogP contribution in [0.2, 0.25) is 0 Å². The Morgan fingerprint density at radius 3 is 2.44 bits per heavy atom. The van der Waals surface area contributed by atoms with Crippen LogP contribution in [0.1, 0.15) is 36.6 Å². The van der Waals surface area contributed by atoms with E-state index < -0.39 is 36.0 Å². The first kappa shape index (κ1) is 18.1. The van der Waals surface area contributed by atoms with Crippen molar-refractivity contribution in [3.05, 3.63) is 64.7 Å². The largest absolute Gasteiger partial charge is 0.416 e. The highest BCUT2D eigenvalue weighted by Crippen LogP contribution is 2.30. The van der Waals surface area contributed by atoms with Gasteiger partial charge in [-0.2, -0.15) is 18.4 Å². The molecular weight excluding hydrogens is 363 g/mol. The molecule has 6 nitrogen and oxygen atoms in total. The Balaban J connectivity index is 1.85. The Morgan fingerprint density at radius 2 is 1.78 bits per heavy atom. The van der Waals surface area contributed by atoms with Crippen molar-refractivity contribution < 1.29 is 27.6 Å². The maximum atomic E-state index is 12.8. The van der Waals surface area contributed by atoms with E-state index in [1.807, 2.05) is 0 Å². The first-order valence-electron chi connectivity index (χ1n) is 7.58. The fourth-order valence-electron chi connectivity index (χ4n) is 2.62. The summed E-state index contributed by atoms with van der Waals surface area (Å²) in [5.41, 5.74) is -0.934. The maximum absolute atomic E-state index is 12.8. The number of nitrogens with zero attached hydrogens (tertiary/aromatic N) is 2. The van der Waals surface area contributed by atoms with Crippen LogP contribution in [0.5, 0.6) is 0 Å². The van der Waals surface area contributed by atoms with Crippen LogP contribution in [0.15, 0.2) is 42.5 Å². The van der Waals surface area contributed by atoms with Crippen molar-refractivity contribution in [3.8, 4) is 6.07 Å². The molecule has 0 aromatic heterocycles. The average molecular weight is 373 g/mol. The third-order valence-corrected chi connectivity index (χ3v) is 3.91. The lowest BCUT2D eigenvalue weighted by Gasteiger charge is -2.10. The molecule has 0 atom stereocenters. The predicted molar refractivity (Wildman–Crippen MR) is 86.8 cm³/mol. The molecule has 0 saturated carbocycles. The fraction of sp³-hybridized carbons (Fsp3) is 0.111. The number of fused-ring (bicyclic) bond motifs is 1. The molecule has 1 N–H and O–H groups in total. The van der Waals surface area contributed by atoms with Gasteiger partial charge in [-0.15, -0.1) is 0 Å². The van der Waals surface area contributed by atoms with E-state index in [1.54, 1.807) is 6.07 Å². The monoisotopic (exact) mass is 373 g/mol. The van der Waals surface area contributed by atoms with E-state index in [-0.39, 0.29) is 22.4 Å². The highest BCUT2D eigenvalue weighted by molar-refractivity contribution is 6.22. The van der Waals surface area contributed by atoms with E-state index in [9.17, 15) is 27.6 Å². The lowest BCUT2D eigenvalue weighted by atomic mass is 10.1. The normalized spacial score (nSPS) is 13.3. The number of halogens is 3. The summed E-state index contributed by atoms with van der Waals surface area (Å²) >= 11 is 0. The van der Waals surface area contributed by atoms with Gasteiger partial charge in [-0.25, -0.2) is 0 Å². The van der Waals surface area contributed by atoms with Gasteiger partial charge in [0.15, 0.2) is 0 Å². The van der Waals surface area contributed by atoms with Crippen molar-refractivity contribution in [2.45, 2.75) is 6.18 Å². The van der Waals surface area contributed by atoms with Gasteiger partial charge >= 0.3 is 6.18 Å². The SMILES string of the molecule is N#CCN1C(=O)c2ccc(NC(=O)c3cccc(C(F)(F)F)c3)cc2C1=O. The lowest BCUT2D eigenvalue weighted by Crippen LogP contribution is -2.29. The zero-order valence-corrected chi connectivity index (χ0v) is 13.5. The van der Waals surface area contributed by atoms with Gasteiger partial charge in [-0.1, -0.05) is 6.07 Å². The molecule has 1 aliphatic rings. The summed E-state index contributed by atoms with van der Waals surface area (Å²) in [7, 11) is 0. The molecule has 0 aliphatic carbocycles. The number of carbonyl (C=O) groups is 3. The molecule has 3 rings (SSSR count). The molecule has 0 saturated heterocycles. The van der Waals surface area contributed by atoms with Crippen molar-refractivity contribution in [2.75, 3.05) is 11.9 Å². The van der Waals surface area contributed by atoms with Crippen molar-refractivity contribution in [2.24, 2.45) is 0 Å². The molecule has 0 spiro atoms. The number of rotatable bonds is 3. The standard InChI is InChI=1S/C18H10F3N3O3/c19-18(20,21)11-3-1-2-10(8-11)15(25)23-12-4-5-13-14(9-12)17(27)24(7-6-22)16(13)26/h1-5,8-9H,7H2,(H,23,25). The number of imide groups is 1. The quantitative estimate of drug-likeness (QED) is 0.661. The highest BCUT2D eigenvalue weighted by atomic mass is 19.4. The predicted octanol–water partition coefficient (Wildman–Crippen LogP) is 3.08. The lowest BCUT2D eigenvalue weighted by molar-refractivity contribution is -0.137. The van der Waals surface area contributed by atoms with Crippen molar-refractivity contribution in [1.29, 1.82) is 5.26 Å². The third-order valence-electron chi connectivity index (χ3n) is 3.91. The molecule has 0 bridgehead atoms. The number of hydrogen-bond donors (Lipinski definition) is 1. The topological polar surface area (TPSA) is 90.3 Å². The smallest absolute Gasteiger partial charge is 0.322 e. The van der Waals surface area contributed by atoms with Crippen LogP contribution in [0, 0.1) is 11.3 Å². The Kier molecular flexibility index (Phi) is 4.41. The second-order valence-electron chi connectivity index (χ2n) is 5.65. The van der Waals surface area contributed by atoms with Gasteiger partial charge < -0.3 is 5.32 Å². The molecule has 27 heavy (non-hydrogen) atoms. The van der Waals surface area contributed by atoms with Gasteiger partial charge in [0, 0.05) is 11.3 Å². The molecule has 2 aromatic rings. The van der Waals surface area contributed by atoms with Crippen LogP contribution in [-0.2, 0) is 6.18 Å². The highest BCUT2D eigenvalue weighted by Gasteiger charge is 2.35. The number of nitrogens with one attached hydrogen (secondary N) is 1. The van der Waals surface area contributed by atoms with Crippen LogP contribution in [0.25, 0.3) is 0 Å². The molecule has 3 amide bonds. The third kappa shape index (κ3) is 3.37. The first-order chi connectivity index (χ1) is 12.7. The Bertz CT molecular complexity index is 1010. The molecular formula is C18H10F3N3O3. The second kappa shape index (κ2) is 6.57. The number of anilines is 1. The van der Waals surface area contributed by atoms with E-state index in [2.05, 4.69) is 5.32 Å². The molecule has 0 fully saturated rings. The Hall–Kier alpha value is -3.67. The fourth-order valence-corrected chi connectivity index (χ4v) is 2.62. The van der Waals surface area contributed by atoms with Gasteiger partial charge in [0.25, 0.3) is 17.7 Å². The van der Waals surface area contributed by atoms with Gasteiger partial charge in [0.05, 0.1) is 22.8 Å². The minimum absolute atomic E-state index is 0.0112. The van der Waals surface area contributed by atoms with Crippen molar-refractivity contribution >= 4 is 23.4 Å². The Morgan fingerprint density at radius 1 is 1.07 bits per heavy atom. The molecule has 136 valence electrons. The van der Waals surface area contributed by atoms with Crippen LogP contribution < -0.4 is 5.32 Å². The second-order valence-corrected chi connectivity index (χ2v) is 5.65. The summed E-state index contributed by atoms with van der Waals surface area (Å²) in [6.45, 7) is -0.404. The van der Waals surface area contributed by atoms with E-state index in [0.717, 1.165) is 17.0 Å². The van der Waals surface area contributed by atoms with Crippen LogP contribution >= 0.6 is 0 Å². The van der Waals surface area contributed by atoms with Gasteiger partial charge in [0.2, 0.25) is 0 Å². The molecule has 1 aliphatic heterocycles. The zero-order valence-electron chi connectivity index (χ0n) is 13.5. The van der Waals surface area contributed by atoms with Gasteiger partial charge in [-0.3, -0.25) is 19.3 Å². The molecule has 0 unspecified atom stereocenters. The van der Waals surface area contributed by atoms with E-state index in [0.29, 0.717) is 6.07 Å². The van der Waals surface area contributed by atoms with Crippen molar-refractivity contribution in [3.63, 3.8) is 0 Å². The number of benzene rings is 2. The minimum atomic E-state index is -4.58. The van der Waals surface area contributed by atoms with E-state index in [4.69, 9.17) is 5.26 Å². The first-order valence-corrected chi connectivity index (χ1v) is 7.58. The summed E-state index contributed by atoms with van der Waals surface area (Å²) in [5, 5.41) is 11.1. The molecule has 2 aromatic carbocycles. The number of hydrogen-bond acceptors (Lipinski definition) is 4.